The Kier molecular flexibility index (Phi) is 11.5. The van der Waals surface area contributed by atoms with E-state index in [1.807, 2.05) is 0 Å². The zero-order valence-electron chi connectivity index (χ0n) is 37.5. The maximum Gasteiger partial charge on any atom is 0.411 e. The summed E-state index contributed by atoms with van der Waals surface area (Å²) in [6.07, 6.45) is -4.54. The van der Waals surface area contributed by atoms with Crippen molar-refractivity contribution in [2.24, 2.45) is 23.2 Å². The van der Waals surface area contributed by atoms with E-state index in [9.17, 15) is 44.1 Å². The van der Waals surface area contributed by atoms with Gasteiger partial charge >= 0.3 is 12.1 Å². The van der Waals surface area contributed by atoms with Crippen LogP contribution in [0.15, 0.2) is 41.5 Å². The number of aliphatic hydroxyl groups is 3. The average Bonchev–Trinajstić information content (AvgIpc) is 4.24. The molecule has 67 heavy (non-hydrogen) atoms. The van der Waals surface area contributed by atoms with Crippen molar-refractivity contribution < 1.29 is 82.0 Å². The lowest BCUT2D eigenvalue weighted by Gasteiger charge is -2.54. The van der Waals surface area contributed by atoms with Crippen LogP contribution < -0.4 is 15.4 Å². The van der Waals surface area contributed by atoms with Gasteiger partial charge in [0.15, 0.2) is 0 Å². The van der Waals surface area contributed by atoms with Crippen LogP contribution in [0.25, 0.3) is 0 Å². The maximum atomic E-state index is 13.8. The number of nitrogens with one attached hydrogen (secondary N) is 2. The summed E-state index contributed by atoms with van der Waals surface area (Å²) in [5, 5.41) is 36.0. The molecule has 6 aliphatic heterocycles. The van der Waals surface area contributed by atoms with E-state index in [0.29, 0.717) is 12.0 Å². The van der Waals surface area contributed by atoms with Crippen molar-refractivity contribution in [1.29, 1.82) is 0 Å². The molecule has 1 spiro atoms. The maximum absolute atomic E-state index is 13.8. The second-order valence-electron chi connectivity index (χ2n) is 19.3. The van der Waals surface area contributed by atoms with Gasteiger partial charge in [0.1, 0.15) is 67.4 Å². The molecule has 2 saturated carbocycles. The van der Waals surface area contributed by atoms with Crippen LogP contribution >= 0.6 is 0 Å². The normalized spacial score (nSPS) is 38.2. The number of epoxide rings is 3. The third-order valence-corrected chi connectivity index (χ3v) is 15.5. The number of hydrogen-bond donors (Lipinski definition) is 5. The number of carbonyl (C=O) groups excluding carboxylic acids is 6. The van der Waals surface area contributed by atoms with E-state index in [1.54, 1.807) is 13.0 Å². The topological polar surface area (TPSA) is 277 Å². The molecule has 21 nitrogen and oxygen atoms in total. The van der Waals surface area contributed by atoms with Crippen molar-refractivity contribution in [2.75, 3.05) is 44.9 Å². The minimum Gasteiger partial charge on any atom is -0.460 e. The number of esters is 1. The van der Waals surface area contributed by atoms with Gasteiger partial charge in [0.05, 0.1) is 30.6 Å². The molecule has 0 bridgehead atoms. The molecule has 2 unspecified atom stereocenters. The van der Waals surface area contributed by atoms with Crippen molar-refractivity contribution >= 4 is 41.4 Å². The Bertz CT molecular complexity index is 2300. The summed E-state index contributed by atoms with van der Waals surface area (Å²) in [5.74, 6) is -2.43. The van der Waals surface area contributed by atoms with Crippen LogP contribution in [0.3, 0.4) is 0 Å². The Hall–Kier alpha value is -5.00. The SMILES string of the molecule is CCN(CO[C@H]1C2[C@H]3O[C@H]3[C@H]3C4=C(CC[C@]3(C)[C@@]23O[C@H]3[C@@H]2O[C@]12C(C)C)C(=O)OC4)C(=O)OCc1ccc(O[C@@H]2OC[C@@H](O)[C@H](O)C2O)c(NC(=O)CCNC(=O)CCN2C(=O)C=CC2=O)c1. The average molecular weight is 937 g/mol. The number of carbonyl (C=O) groups is 6. The molecule has 0 aromatic heterocycles. The number of nitrogens with zero attached hydrogens (tertiary/aromatic N) is 2. The molecule has 3 aliphatic carbocycles. The first-order chi connectivity index (χ1) is 32.0. The van der Waals surface area contributed by atoms with Crippen molar-refractivity contribution in [1.82, 2.24) is 15.1 Å². The van der Waals surface area contributed by atoms with E-state index >= 15 is 0 Å². The fourth-order valence-electron chi connectivity index (χ4n) is 11.9. The molecule has 0 radical (unpaired) electrons. The van der Waals surface area contributed by atoms with Crippen LogP contribution in [0.4, 0.5) is 10.5 Å². The van der Waals surface area contributed by atoms with Crippen LogP contribution in [0.5, 0.6) is 5.75 Å². The number of amides is 5. The monoisotopic (exact) mass is 936 g/mol. The number of imide groups is 1. The molecule has 362 valence electrons. The Balaban J connectivity index is 0.795. The molecule has 21 heteroatoms. The second kappa shape index (κ2) is 16.9. The van der Waals surface area contributed by atoms with Gasteiger partial charge in [-0.1, -0.05) is 26.8 Å². The van der Waals surface area contributed by atoms with Crippen LogP contribution in [-0.2, 0) is 63.7 Å². The number of benzene rings is 1. The summed E-state index contributed by atoms with van der Waals surface area (Å²) in [4.78, 5) is 78.0. The standard InChI is InChI=1S/C46H56N4O17/c1-5-49(20-63-38-33-37-36(65-37)32-24-18-60-41(58)23(24)10-13-44(32,4)46(33)40(67-46)39-45(38,66-39)21(2)3)43(59)62-17-22-6-7-27(64-42-35(57)34(56)26(51)19-61-42)25(16-22)48-29(53)11-14-47-28(52)12-15-50-30(54)8-9-31(50)55/h6-9,16,21,26,32-40,42,51,56-57H,5,10-15,17-20H2,1-4H3,(H,47,52)(H,48,53)/t26-,32-,33?,34+,35?,36+,37-,38+,39+,40+,42+,44+,45-,46-/m1/s1. The summed E-state index contributed by atoms with van der Waals surface area (Å²) in [6, 6.07) is 4.52. The number of rotatable bonds is 16. The van der Waals surface area contributed by atoms with Crippen molar-refractivity contribution in [2.45, 2.75) is 126 Å². The summed E-state index contributed by atoms with van der Waals surface area (Å²) in [5.41, 5.74) is 0.718. The first-order valence-electron chi connectivity index (χ1n) is 23.0. The number of hydrogen-bond acceptors (Lipinski definition) is 17. The quantitative estimate of drug-likeness (QED) is 0.0640. The predicted octanol–water partition coefficient (Wildman–Crippen LogP) is 0.177. The lowest BCUT2D eigenvalue weighted by atomic mass is 9.47. The summed E-state index contributed by atoms with van der Waals surface area (Å²) >= 11 is 0. The Labute approximate surface area is 384 Å². The highest BCUT2D eigenvalue weighted by Crippen LogP contribution is 2.79. The third-order valence-electron chi connectivity index (χ3n) is 15.5. The van der Waals surface area contributed by atoms with Crippen LogP contribution in [0.1, 0.15) is 58.9 Å². The van der Waals surface area contributed by atoms with E-state index in [2.05, 4.69) is 31.4 Å². The molecule has 5 N–H and O–H groups in total. The smallest absolute Gasteiger partial charge is 0.411 e. The van der Waals surface area contributed by atoms with Crippen LogP contribution in [0, 0.1) is 23.2 Å². The molecule has 1 aromatic carbocycles. The zero-order chi connectivity index (χ0) is 47.3. The number of fused-ring (bicyclic) bond motifs is 7. The molecule has 5 amide bonds. The minimum atomic E-state index is -1.64. The zero-order valence-corrected chi connectivity index (χ0v) is 37.5. The molecule has 9 aliphatic rings. The highest BCUT2D eigenvalue weighted by molar-refractivity contribution is 6.13. The number of anilines is 1. The Morgan fingerprint density at radius 3 is 2.52 bits per heavy atom. The Morgan fingerprint density at radius 1 is 1.00 bits per heavy atom. The van der Waals surface area contributed by atoms with Gasteiger partial charge in [-0.2, -0.15) is 0 Å². The largest absolute Gasteiger partial charge is 0.460 e. The second-order valence-corrected chi connectivity index (χ2v) is 19.3. The fraction of sp³-hybridized carbons (Fsp3) is 0.652. The van der Waals surface area contributed by atoms with Crippen molar-refractivity contribution in [3.8, 4) is 5.75 Å². The summed E-state index contributed by atoms with van der Waals surface area (Å²) < 4.78 is 49.4. The first kappa shape index (κ1) is 45.8. The summed E-state index contributed by atoms with van der Waals surface area (Å²) in [6.45, 7) is 7.88. The van der Waals surface area contributed by atoms with Gasteiger partial charge in [0.25, 0.3) is 11.8 Å². The predicted molar refractivity (Wildman–Crippen MR) is 225 cm³/mol. The molecular weight excluding hydrogens is 881 g/mol. The van der Waals surface area contributed by atoms with E-state index in [1.165, 1.54) is 17.0 Å². The van der Waals surface area contributed by atoms with Crippen LogP contribution in [-0.4, -0.2) is 167 Å². The molecule has 1 aromatic rings. The number of aliphatic hydroxyl groups excluding tert-OH is 3. The fourth-order valence-corrected chi connectivity index (χ4v) is 11.9. The van der Waals surface area contributed by atoms with Gasteiger partial charge in [0, 0.05) is 67.5 Å². The minimum absolute atomic E-state index is 0.0179. The van der Waals surface area contributed by atoms with Gasteiger partial charge in [0.2, 0.25) is 18.1 Å². The lowest BCUT2D eigenvalue weighted by Crippen LogP contribution is -2.66. The first-order valence-corrected chi connectivity index (χ1v) is 23.0. The number of cyclic esters (lactones) is 1. The highest BCUT2D eigenvalue weighted by atomic mass is 16.7. The van der Waals surface area contributed by atoms with E-state index in [-0.39, 0.29) is 124 Å². The van der Waals surface area contributed by atoms with Gasteiger partial charge < -0.3 is 63.8 Å². The van der Waals surface area contributed by atoms with Gasteiger partial charge in [-0.3, -0.25) is 29.0 Å². The highest BCUT2D eigenvalue weighted by Gasteiger charge is 2.93. The molecule has 14 atom stereocenters. The van der Waals surface area contributed by atoms with Gasteiger partial charge in [-0.15, -0.1) is 0 Å². The molecular formula is C46H56N4O17. The van der Waals surface area contributed by atoms with Gasteiger partial charge in [-0.25, -0.2) is 9.59 Å². The van der Waals surface area contributed by atoms with Gasteiger partial charge in [-0.05, 0) is 49.0 Å². The van der Waals surface area contributed by atoms with E-state index in [4.69, 9.17) is 37.9 Å². The molecule has 10 rings (SSSR count). The Morgan fingerprint density at radius 2 is 1.78 bits per heavy atom. The number of ether oxygens (including phenoxy) is 8. The molecule has 6 fully saturated rings. The van der Waals surface area contributed by atoms with Crippen molar-refractivity contribution in [3.63, 3.8) is 0 Å². The van der Waals surface area contributed by atoms with Crippen molar-refractivity contribution in [3.05, 3.63) is 47.1 Å². The van der Waals surface area contributed by atoms with E-state index < -0.39 is 71.6 Å². The third kappa shape index (κ3) is 7.43. The molecule has 6 heterocycles. The van der Waals surface area contributed by atoms with E-state index in [0.717, 1.165) is 34.6 Å². The lowest BCUT2D eigenvalue weighted by molar-refractivity contribution is -0.241. The van der Waals surface area contributed by atoms with Crippen LogP contribution in [0.2, 0.25) is 0 Å². The molecule has 4 saturated heterocycles. The summed E-state index contributed by atoms with van der Waals surface area (Å²) in [7, 11) is 0.